The third-order valence-corrected chi connectivity index (χ3v) is 3.90. The van der Waals surface area contributed by atoms with Crippen LogP contribution in [-0.2, 0) is 4.79 Å². The molecule has 0 saturated carbocycles. The molecule has 3 rings (SSSR count). The van der Waals surface area contributed by atoms with Crippen molar-refractivity contribution in [2.45, 2.75) is 13.0 Å². The van der Waals surface area contributed by atoms with Gasteiger partial charge in [0.15, 0.2) is 11.2 Å². The Hall–Kier alpha value is -2.40. The molecule has 0 bridgehead atoms. The standard InChI is InChI=1S/C16H14N2O2S/c1-11(20-12-7-3-2-4-8-12)15(19)18-16-17-13-9-5-6-10-14(13)21-16/h2-11H,1H3,(H,17,18,19)/t11-/m1/s1. The van der Waals surface area contributed by atoms with Gasteiger partial charge < -0.3 is 4.74 Å². The molecule has 3 aromatic rings. The highest BCUT2D eigenvalue weighted by Gasteiger charge is 2.16. The van der Waals surface area contributed by atoms with Crippen LogP contribution < -0.4 is 10.1 Å². The lowest BCUT2D eigenvalue weighted by Crippen LogP contribution is -2.30. The fourth-order valence-corrected chi connectivity index (χ4v) is 2.76. The molecular formula is C16H14N2O2S. The molecule has 5 heteroatoms. The van der Waals surface area contributed by atoms with E-state index in [1.807, 2.05) is 54.6 Å². The molecule has 0 unspecified atom stereocenters. The quantitative estimate of drug-likeness (QED) is 0.799. The Morgan fingerprint density at radius 2 is 1.86 bits per heavy atom. The minimum atomic E-state index is -0.584. The van der Waals surface area contributed by atoms with Crippen LogP contribution in [-0.4, -0.2) is 17.0 Å². The molecular weight excluding hydrogens is 284 g/mol. The smallest absolute Gasteiger partial charge is 0.266 e. The molecule has 4 nitrogen and oxygen atoms in total. The maximum Gasteiger partial charge on any atom is 0.266 e. The van der Waals surface area contributed by atoms with E-state index in [1.165, 1.54) is 11.3 Å². The second kappa shape index (κ2) is 5.93. The Balaban J connectivity index is 1.68. The molecule has 0 saturated heterocycles. The van der Waals surface area contributed by atoms with Crippen LogP contribution >= 0.6 is 11.3 Å². The van der Waals surface area contributed by atoms with E-state index in [-0.39, 0.29) is 5.91 Å². The maximum absolute atomic E-state index is 12.1. The number of para-hydroxylation sites is 2. The summed E-state index contributed by atoms with van der Waals surface area (Å²) in [6.45, 7) is 1.72. The predicted molar refractivity (Wildman–Crippen MR) is 84.8 cm³/mol. The first-order valence-electron chi connectivity index (χ1n) is 6.60. The zero-order chi connectivity index (χ0) is 14.7. The van der Waals surface area contributed by atoms with E-state index in [1.54, 1.807) is 6.92 Å². The largest absolute Gasteiger partial charge is 0.481 e. The number of aromatic nitrogens is 1. The molecule has 0 aliphatic carbocycles. The van der Waals surface area contributed by atoms with Gasteiger partial charge in [0.2, 0.25) is 0 Å². The van der Waals surface area contributed by atoms with Gasteiger partial charge in [-0.1, -0.05) is 41.7 Å². The van der Waals surface area contributed by atoms with Crippen molar-refractivity contribution in [2.75, 3.05) is 5.32 Å². The zero-order valence-corrected chi connectivity index (χ0v) is 12.3. The minimum absolute atomic E-state index is 0.210. The Morgan fingerprint density at radius 1 is 1.14 bits per heavy atom. The Bertz CT molecular complexity index is 722. The van der Waals surface area contributed by atoms with Gasteiger partial charge in [-0.2, -0.15) is 0 Å². The Kier molecular flexibility index (Phi) is 3.83. The predicted octanol–water partition coefficient (Wildman–Crippen LogP) is 3.70. The van der Waals surface area contributed by atoms with Crippen molar-refractivity contribution in [2.24, 2.45) is 0 Å². The van der Waals surface area contributed by atoms with Crippen molar-refractivity contribution in [1.82, 2.24) is 4.98 Å². The van der Waals surface area contributed by atoms with Crippen LogP contribution in [0.1, 0.15) is 6.92 Å². The fraction of sp³-hybridized carbons (Fsp3) is 0.125. The number of nitrogens with zero attached hydrogens (tertiary/aromatic N) is 1. The molecule has 1 heterocycles. The van der Waals surface area contributed by atoms with Gasteiger partial charge in [-0.15, -0.1) is 0 Å². The number of amides is 1. The molecule has 1 atom stereocenters. The van der Waals surface area contributed by atoms with Gasteiger partial charge in [0.1, 0.15) is 5.75 Å². The highest BCUT2D eigenvalue weighted by Crippen LogP contribution is 2.25. The molecule has 0 aliphatic rings. The highest BCUT2D eigenvalue weighted by atomic mass is 32.1. The lowest BCUT2D eigenvalue weighted by atomic mass is 10.3. The Morgan fingerprint density at radius 3 is 2.62 bits per heavy atom. The topological polar surface area (TPSA) is 51.2 Å². The van der Waals surface area contributed by atoms with E-state index in [0.29, 0.717) is 10.9 Å². The van der Waals surface area contributed by atoms with Crippen LogP contribution in [0.25, 0.3) is 10.2 Å². The molecule has 1 N–H and O–H groups in total. The maximum atomic E-state index is 12.1. The van der Waals surface area contributed by atoms with E-state index in [2.05, 4.69) is 10.3 Å². The monoisotopic (exact) mass is 298 g/mol. The third-order valence-electron chi connectivity index (χ3n) is 2.95. The van der Waals surface area contributed by atoms with Gasteiger partial charge in [-0.25, -0.2) is 4.98 Å². The van der Waals surface area contributed by atoms with E-state index in [0.717, 1.165) is 10.2 Å². The SMILES string of the molecule is C[C@@H](Oc1ccccc1)C(=O)Nc1nc2ccccc2s1. The summed E-state index contributed by atoms with van der Waals surface area (Å²) in [6, 6.07) is 17.1. The second-order valence-corrected chi connectivity index (χ2v) is 5.58. The summed E-state index contributed by atoms with van der Waals surface area (Å²) in [5.74, 6) is 0.461. The zero-order valence-electron chi connectivity index (χ0n) is 11.4. The average molecular weight is 298 g/mol. The molecule has 106 valence electrons. The number of nitrogens with one attached hydrogen (secondary N) is 1. The van der Waals surface area contributed by atoms with Crippen LogP contribution in [0.15, 0.2) is 54.6 Å². The summed E-state index contributed by atoms with van der Waals surface area (Å²) >= 11 is 1.45. The molecule has 0 fully saturated rings. The summed E-state index contributed by atoms with van der Waals surface area (Å²) < 4.78 is 6.63. The Labute approximate surface area is 126 Å². The highest BCUT2D eigenvalue weighted by molar-refractivity contribution is 7.22. The van der Waals surface area contributed by atoms with Crippen molar-refractivity contribution < 1.29 is 9.53 Å². The van der Waals surface area contributed by atoms with Crippen molar-refractivity contribution >= 4 is 32.6 Å². The number of fused-ring (bicyclic) bond motifs is 1. The first-order valence-corrected chi connectivity index (χ1v) is 7.42. The van der Waals surface area contributed by atoms with Crippen molar-refractivity contribution in [3.05, 3.63) is 54.6 Å². The van der Waals surface area contributed by atoms with E-state index >= 15 is 0 Å². The van der Waals surface area contributed by atoms with Gasteiger partial charge in [-0.05, 0) is 31.2 Å². The third kappa shape index (κ3) is 3.20. The van der Waals surface area contributed by atoms with E-state index < -0.39 is 6.10 Å². The number of hydrogen-bond donors (Lipinski definition) is 1. The first-order chi connectivity index (χ1) is 10.2. The summed E-state index contributed by atoms with van der Waals surface area (Å²) in [5.41, 5.74) is 0.884. The van der Waals surface area contributed by atoms with Gasteiger partial charge in [0.05, 0.1) is 10.2 Å². The molecule has 0 radical (unpaired) electrons. The van der Waals surface area contributed by atoms with E-state index in [4.69, 9.17) is 4.74 Å². The lowest BCUT2D eigenvalue weighted by molar-refractivity contribution is -0.122. The van der Waals surface area contributed by atoms with Gasteiger partial charge in [0, 0.05) is 0 Å². The van der Waals surface area contributed by atoms with Gasteiger partial charge in [0.25, 0.3) is 5.91 Å². The normalized spacial score (nSPS) is 12.0. The van der Waals surface area contributed by atoms with Crippen LogP contribution in [0.3, 0.4) is 0 Å². The molecule has 0 aliphatic heterocycles. The molecule has 1 amide bonds. The fourth-order valence-electron chi connectivity index (χ4n) is 1.89. The summed E-state index contributed by atoms with van der Waals surface area (Å²) in [5, 5.41) is 3.38. The number of thiazole rings is 1. The summed E-state index contributed by atoms with van der Waals surface area (Å²) in [7, 11) is 0. The summed E-state index contributed by atoms with van der Waals surface area (Å²) in [4.78, 5) is 16.5. The molecule has 21 heavy (non-hydrogen) atoms. The molecule has 1 aromatic heterocycles. The number of anilines is 1. The van der Waals surface area contributed by atoms with Gasteiger partial charge >= 0.3 is 0 Å². The average Bonchev–Trinajstić information content (AvgIpc) is 2.90. The minimum Gasteiger partial charge on any atom is -0.481 e. The van der Waals surface area contributed by atoms with Crippen molar-refractivity contribution in [3.63, 3.8) is 0 Å². The number of carbonyl (C=O) groups excluding carboxylic acids is 1. The van der Waals surface area contributed by atoms with Crippen molar-refractivity contribution in [3.8, 4) is 5.75 Å². The van der Waals surface area contributed by atoms with Crippen LogP contribution in [0.2, 0.25) is 0 Å². The number of carbonyl (C=O) groups is 1. The first kappa shape index (κ1) is 13.6. The van der Waals surface area contributed by atoms with Crippen LogP contribution in [0.5, 0.6) is 5.75 Å². The number of hydrogen-bond acceptors (Lipinski definition) is 4. The molecule has 2 aromatic carbocycles. The molecule has 0 spiro atoms. The van der Waals surface area contributed by atoms with Crippen molar-refractivity contribution in [1.29, 1.82) is 0 Å². The number of benzene rings is 2. The number of ether oxygens (including phenoxy) is 1. The summed E-state index contributed by atoms with van der Waals surface area (Å²) in [6.07, 6.45) is -0.584. The van der Waals surface area contributed by atoms with E-state index in [9.17, 15) is 4.79 Å². The van der Waals surface area contributed by atoms with Crippen LogP contribution in [0, 0.1) is 0 Å². The second-order valence-electron chi connectivity index (χ2n) is 4.55. The lowest BCUT2D eigenvalue weighted by Gasteiger charge is -2.13. The van der Waals surface area contributed by atoms with Gasteiger partial charge in [-0.3, -0.25) is 10.1 Å². The van der Waals surface area contributed by atoms with Crippen LogP contribution in [0.4, 0.5) is 5.13 Å². The number of rotatable bonds is 4.